The molecule has 16 heavy (non-hydrogen) atoms. The maximum absolute atomic E-state index is 11.7. The molecule has 2 unspecified atom stereocenters. The molecule has 88 valence electrons. The molecule has 0 aliphatic carbocycles. The predicted molar refractivity (Wildman–Crippen MR) is 60.6 cm³/mol. The lowest BCUT2D eigenvalue weighted by Crippen LogP contribution is -2.18. The summed E-state index contributed by atoms with van der Waals surface area (Å²) in [7, 11) is 0. The summed E-state index contributed by atoms with van der Waals surface area (Å²) in [6.07, 6.45) is -0.995. The Kier molecular flexibility index (Phi) is 5.31. The number of benzene rings is 1. The van der Waals surface area contributed by atoms with Gasteiger partial charge in [0.2, 0.25) is 0 Å². The van der Waals surface area contributed by atoms with Gasteiger partial charge in [-0.25, -0.2) is 0 Å². The van der Waals surface area contributed by atoms with Gasteiger partial charge in [-0.2, -0.15) is 0 Å². The van der Waals surface area contributed by atoms with Crippen LogP contribution in [0.15, 0.2) is 35.2 Å². The van der Waals surface area contributed by atoms with Gasteiger partial charge in [-0.1, -0.05) is 18.2 Å². The largest absolute Gasteiger partial charge is 0.611 e. The number of aliphatic hydroxyl groups is 1. The summed E-state index contributed by atoms with van der Waals surface area (Å²) in [5.74, 6) is -0.767. The van der Waals surface area contributed by atoms with Gasteiger partial charge in [0.1, 0.15) is 5.75 Å². The minimum absolute atomic E-state index is 0.230. The molecule has 1 aromatic rings. The Morgan fingerprint density at radius 2 is 2.00 bits per heavy atom. The third kappa shape index (κ3) is 4.65. The quantitative estimate of drug-likeness (QED) is 0.730. The van der Waals surface area contributed by atoms with Crippen LogP contribution in [0.2, 0.25) is 0 Å². The summed E-state index contributed by atoms with van der Waals surface area (Å²) in [5, 5.41) is 17.7. The maximum Gasteiger partial charge on any atom is 0.305 e. The average molecular weight is 242 g/mol. The lowest BCUT2D eigenvalue weighted by atomic mass is 10.2. The second kappa shape index (κ2) is 6.52. The van der Waals surface area contributed by atoms with Gasteiger partial charge >= 0.3 is 5.97 Å². The first kappa shape index (κ1) is 13.0. The van der Waals surface area contributed by atoms with Gasteiger partial charge in [0, 0.05) is 6.42 Å². The van der Waals surface area contributed by atoms with E-state index in [1.807, 2.05) is 6.07 Å². The number of rotatable bonds is 6. The standard InChI is InChI=1S/C11H14O4S/c12-9(8-11(13)14)6-7-16(15)10-4-2-1-3-5-10/h1-5,9,12H,6-8H2,(H,13,14). The van der Waals surface area contributed by atoms with Crippen LogP contribution in [0.3, 0.4) is 0 Å². The Morgan fingerprint density at radius 3 is 2.56 bits per heavy atom. The Balaban J connectivity index is 2.35. The fraction of sp³-hybridized carbons (Fsp3) is 0.364. The Morgan fingerprint density at radius 1 is 1.38 bits per heavy atom. The Bertz CT molecular complexity index is 328. The van der Waals surface area contributed by atoms with E-state index < -0.39 is 23.2 Å². The van der Waals surface area contributed by atoms with E-state index in [0.29, 0.717) is 4.90 Å². The first-order chi connectivity index (χ1) is 7.59. The van der Waals surface area contributed by atoms with Crippen molar-refractivity contribution in [3.63, 3.8) is 0 Å². The zero-order chi connectivity index (χ0) is 12.0. The van der Waals surface area contributed by atoms with Crippen LogP contribution in [0.1, 0.15) is 12.8 Å². The van der Waals surface area contributed by atoms with Crippen molar-refractivity contribution in [2.45, 2.75) is 23.8 Å². The number of aliphatic carboxylic acids is 1. The number of aliphatic hydroxyl groups excluding tert-OH is 1. The monoisotopic (exact) mass is 242 g/mol. The minimum atomic E-state index is -1.17. The lowest BCUT2D eigenvalue weighted by molar-refractivity contribution is -0.139. The van der Waals surface area contributed by atoms with Crippen LogP contribution in [-0.4, -0.2) is 32.6 Å². The van der Waals surface area contributed by atoms with Gasteiger partial charge in [0.05, 0.1) is 12.5 Å². The van der Waals surface area contributed by atoms with Gasteiger partial charge < -0.3 is 14.8 Å². The van der Waals surface area contributed by atoms with Gasteiger partial charge in [-0.3, -0.25) is 4.79 Å². The molecule has 0 aliphatic heterocycles. The second-order valence-electron chi connectivity index (χ2n) is 3.40. The molecule has 5 heteroatoms. The molecule has 0 spiro atoms. The molecule has 0 amide bonds. The molecule has 2 N–H and O–H groups in total. The lowest BCUT2D eigenvalue weighted by Gasteiger charge is -2.12. The van der Waals surface area contributed by atoms with Crippen molar-refractivity contribution in [2.75, 3.05) is 5.75 Å². The third-order valence-electron chi connectivity index (χ3n) is 2.05. The second-order valence-corrected chi connectivity index (χ2v) is 4.97. The predicted octanol–water partition coefficient (Wildman–Crippen LogP) is 1.02. The number of hydrogen-bond acceptors (Lipinski definition) is 3. The minimum Gasteiger partial charge on any atom is -0.611 e. The fourth-order valence-corrected chi connectivity index (χ4v) is 2.42. The summed E-state index contributed by atoms with van der Waals surface area (Å²) in [5.41, 5.74) is 0. The topological polar surface area (TPSA) is 80.6 Å². The van der Waals surface area contributed by atoms with Crippen molar-refractivity contribution in [1.29, 1.82) is 0 Å². The van der Waals surface area contributed by atoms with E-state index in [4.69, 9.17) is 5.11 Å². The van der Waals surface area contributed by atoms with Crippen LogP contribution in [0, 0.1) is 0 Å². The number of carboxylic acid groups (broad SMARTS) is 1. The molecular weight excluding hydrogens is 228 g/mol. The fourth-order valence-electron chi connectivity index (χ4n) is 1.24. The van der Waals surface area contributed by atoms with Crippen molar-refractivity contribution < 1.29 is 19.6 Å². The number of carboxylic acids is 1. The zero-order valence-corrected chi connectivity index (χ0v) is 9.52. The van der Waals surface area contributed by atoms with E-state index in [9.17, 15) is 14.5 Å². The SMILES string of the molecule is O=C(O)CC(O)CC[S+]([O-])c1ccccc1. The van der Waals surface area contributed by atoms with Crippen LogP contribution >= 0.6 is 0 Å². The first-order valence-corrected chi connectivity index (χ1v) is 6.25. The summed E-state index contributed by atoms with van der Waals surface area (Å²) in [6.45, 7) is 0. The van der Waals surface area contributed by atoms with Crippen LogP contribution in [-0.2, 0) is 16.0 Å². The molecule has 1 rings (SSSR count). The maximum atomic E-state index is 11.7. The highest BCUT2D eigenvalue weighted by Gasteiger charge is 2.15. The molecule has 1 aromatic carbocycles. The normalized spacial score (nSPS) is 14.4. The molecule has 0 heterocycles. The van der Waals surface area contributed by atoms with Gasteiger partial charge in [0.15, 0.2) is 4.90 Å². The van der Waals surface area contributed by atoms with Crippen molar-refractivity contribution in [1.82, 2.24) is 0 Å². The van der Waals surface area contributed by atoms with E-state index in [1.165, 1.54) is 0 Å². The zero-order valence-electron chi connectivity index (χ0n) is 8.70. The molecule has 0 aliphatic rings. The van der Waals surface area contributed by atoms with Crippen molar-refractivity contribution in [3.05, 3.63) is 30.3 Å². The molecule has 0 radical (unpaired) electrons. The van der Waals surface area contributed by atoms with E-state index >= 15 is 0 Å². The van der Waals surface area contributed by atoms with Crippen molar-refractivity contribution in [2.24, 2.45) is 0 Å². The Hall–Kier alpha value is -1.04. The Labute approximate surface area is 97.1 Å². The summed E-state index contributed by atoms with van der Waals surface area (Å²) < 4.78 is 11.7. The average Bonchev–Trinajstić information content (AvgIpc) is 2.26. The summed E-state index contributed by atoms with van der Waals surface area (Å²) in [6, 6.07) is 8.92. The highest BCUT2D eigenvalue weighted by Crippen LogP contribution is 2.12. The van der Waals surface area contributed by atoms with Gasteiger partial charge in [-0.05, 0) is 23.3 Å². The van der Waals surface area contributed by atoms with Crippen LogP contribution in [0.5, 0.6) is 0 Å². The van der Waals surface area contributed by atoms with E-state index in [2.05, 4.69) is 0 Å². The van der Waals surface area contributed by atoms with Crippen molar-refractivity contribution >= 4 is 17.1 Å². The molecule has 0 bridgehead atoms. The van der Waals surface area contributed by atoms with Gasteiger partial charge in [0.25, 0.3) is 0 Å². The molecule has 0 saturated heterocycles. The molecule has 0 fully saturated rings. The van der Waals surface area contributed by atoms with E-state index in [-0.39, 0.29) is 18.6 Å². The van der Waals surface area contributed by atoms with Gasteiger partial charge in [-0.15, -0.1) is 0 Å². The van der Waals surface area contributed by atoms with E-state index in [0.717, 1.165) is 0 Å². The third-order valence-corrected chi connectivity index (χ3v) is 3.46. The smallest absolute Gasteiger partial charge is 0.305 e. The van der Waals surface area contributed by atoms with E-state index in [1.54, 1.807) is 24.3 Å². The van der Waals surface area contributed by atoms with Crippen LogP contribution < -0.4 is 0 Å². The molecule has 0 aromatic heterocycles. The van der Waals surface area contributed by atoms with Crippen molar-refractivity contribution in [3.8, 4) is 0 Å². The number of hydrogen-bond donors (Lipinski definition) is 2. The van der Waals surface area contributed by atoms with Crippen LogP contribution in [0.4, 0.5) is 0 Å². The summed E-state index contributed by atoms with van der Waals surface area (Å²) >= 11 is -1.17. The van der Waals surface area contributed by atoms with Crippen LogP contribution in [0.25, 0.3) is 0 Å². The first-order valence-electron chi connectivity index (χ1n) is 4.93. The molecule has 0 saturated carbocycles. The molecular formula is C11H14O4S. The highest BCUT2D eigenvalue weighted by atomic mass is 32.2. The summed E-state index contributed by atoms with van der Waals surface area (Å²) in [4.78, 5) is 11.0. The molecule has 4 nitrogen and oxygen atoms in total. The highest BCUT2D eigenvalue weighted by molar-refractivity contribution is 7.91. The number of carbonyl (C=O) groups is 1. The molecule has 2 atom stereocenters.